The summed E-state index contributed by atoms with van der Waals surface area (Å²) in [6.07, 6.45) is 0.279. The van der Waals surface area contributed by atoms with Gasteiger partial charge >= 0.3 is 5.97 Å². The molecule has 8 heteroatoms. The minimum absolute atomic E-state index is 0.0584. The van der Waals surface area contributed by atoms with Crippen LogP contribution in [0.15, 0.2) is 24.3 Å². The summed E-state index contributed by atoms with van der Waals surface area (Å²) in [7, 11) is 0. The van der Waals surface area contributed by atoms with Crippen molar-refractivity contribution in [1.82, 2.24) is 4.90 Å². The second kappa shape index (κ2) is 7.87. The summed E-state index contributed by atoms with van der Waals surface area (Å²) in [6, 6.07) is 5.98. The van der Waals surface area contributed by atoms with E-state index >= 15 is 0 Å². The normalized spacial score (nSPS) is 22.9. The highest BCUT2D eigenvalue weighted by Gasteiger charge is 2.30. The van der Waals surface area contributed by atoms with Gasteiger partial charge in [0.1, 0.15) is 0 Å². The van der Waals surface area contributed by atoms with Crippen LogP contribution in [-0.2, 0) is 23.9 Å². The van der Waals surface area contributed by atoms with Crippen molar-refractivity contribution in [3.63, 3.8) is 0 Å². The predicted octanol–water partition coefficient (Wildman–Crippen LogP) is 1.13. The maximum Gasteiger partial charge on any atom is 0.338 e. The van der Waals surface area contributed by atoms with Gasteiger partial charge in [0.15, 0.2) is 6.61 Å². The first-order valence-corrected chi connectivity index (χ1v) is 8.91. The number of anilines is 1. The fraction of sp³-hybridized carbons (Fsp3) is 0.474. The Morgan fingerprint density at radius 1 is 1.04 bits per heavy atom. The van der Waals surface area contributed by atoms with Crippen LogP contribution < -0.4 is 4.90 Å². The lowest BCUT2D eigenvalue weighted by molar-refractivity contribution is -0.146. The number of carbonyl (C=O) groups is 4. The monoisotopic (exact) mass is 374 g/mol. The minimum Gasteiger partial charge on any atom is -0.452 e. The van der Waals surface area contributed by atoms with Crippen LogP contribution >= 0.6 is 0 Å². The molecule has 2 heterocycles. The molecular weight excluding hydrogens is 352 g/mol. The first kappa shape index (κ1) is 19.0. The Kier molecular flexibility index (Phi) is 5.55. The summed E-state index contributed by atoms with van der Waals surface area (Å²) in [4.78, 5) is 50.6. The highest BCUT2D eigenvalue weighted by molar-refractivity contribution is 6.19. The van der Waals surface area contributed by atoms with Gasteiger partial charge in [-0.1, -0.05) is 0 Å². The Labute approximate surface area is 157 Å². The number of amides is 3. The molecule has 2 atom stereocenters. The molecule has 0 spiro atoms. The van der Waals surface area contributed by atoms with Gasteiger partial charge in [-0.25, -0.2) is 4.79 Å². The van der Waals surface area contributed by atoms with Crippen LogP contribution in [0.5, 0.6) is 0 Å². The van der Waals surface area contributed by atoms with Crippen molar-refractivity contribution in [2.45, 2.75) is 38.9 Å². The fourth-order valence-electron chi connectivity index (χ4n) is 3.29. The van der Waals surface area contributed by atoms with E-state index < -0.39 is 5.97 Å². The van der Waals surface area contributed by atoms with Gasteiger partial charge in [0, 0.05) is 25.9 Å². The van der Waals surface area contributed by atoms with Crippen LogP contribution in [0.2, 0.25) is 0 Å². The van der Waals surface area contributed by atoms with Crippen LogP contribution in [0.25, 0.3) is 0 Å². The predicted molar refractivity (Wildman–Crippen MR) is 95.0 cm³/mol. The van der Waals surface area contributed by atoms with Gasteiger partial charge in [-0.3, -0.25) is 19.3 Å². The number of imide groups is 1. The number of hydrogen-bond donors (Lipinski definition) is 0. The van der Waals surface area contributed by atoms with Gasteiger partial charge < -0.3 is 14.4 Å². The molecule has 1 aromatic carbocycles. The molecule has 0 saturated carbocycles. The Morgan fingerprint density at radius 3 is 2.15 bits per heavy atom. The zero-order chi connectivity index (χ0) is 19.6. The number of morpholine rings is 1. The van der Waals surface area contributed by atoms with Crippen LogP contribution in [0.4, 0.5) is 5.69 Å². The summed E-state index contributed by atoms with van der Waals surface area (Å²) in [6.45, 7) is 4.36. The lowest BCUT2D eigenvalue weighted by Gasteiger charge is -2.35. The second-order valence-corrected chi connectivity index (χ2v) is 6.80. The zero-order valence-corrected chi connectivity index (χ0v) is 15.3. The van der Waals surface area contributed by atoms with Crippen molar-refractivity contribution in [1.29, 1.82) is 0 Å². The van der Waals surface area contributed by atoms with E-state index in [-0.39, 0.29) is 54.9 Å². The molecule has 3 amide bonds. The van der Waals surface area contributed by atoms with Gasteiger partial charge in [-0.05, 0) is 38.1 Å². The summed E-state index contributed by atoms with van der Waals surface area (Å²) >= 11 is 0. The molecule has 0 N–H and O–H groups in total. The Hall–Kier alpha value is -2.74. The van der Waals surface area contributed by atoms with Gasteiger partial charge in [0.05, 0.1) is 23.5 Å². The van der Waals surface area contributed by atoms with Crippen LogP contribution in [0.3, 0.4) is 0 Å². The Morgan fingerprint density at radius 2 is 1.59 bits per heavy atom. The van der Waals surface area contributed by atoms with Crippen molar-refractivity contribution in [2.24, 2.45) is 0 Å². The lowest BCUT2D eigenvalue weighted by Crippen LogP contribution is -2.49. The maximum atomic E-state index is 12.2. The van der Waals surface area contributed by atoms with Crippen molar-refractivity contribution >= 4 is 29.4 Å². The van der Waals surface area contributed by atoms with E-state index in [1.807, 2.05) is 13.8 Å². The maximum absolute atomic E-state index is 12.2. The zero-order valence-electron chi connectivity index (χ0n) is 15.3. The number of nitrogens with zero attached hydrogens (tertiary/aromatic N) is 2. The molecule has 1 aromatic rings. The summed E-state index contributed by atoms with van der Waals surface area (Å²) in [5.74, 6) is -1.41. The van der Waals surface area contributed by atoms with Crippen molar-refractivity contribution in [3.05, 3.63) is 29.8 Å². The third kappa shape index (κ3) is 4.33. The van der Waals surface area contributed by atoms with Crippen LogP contribution in [0, 0.1) is 0 Å². The molecule has 3 rings (SSSR count). The molecular formula is C19H22N2O6. The van der Waals surface area contributed by atoms with E-state index in [0.717, 1.165) is 4.90 Å². The number of carbonyl (C=O) groups excluding carboxylic acids is 4. The minimum atomic E-state index is -0.636. The number of esters is 1. The molecule has 144 valence electrons. The fourth-order valence-corrected chi connectivity index (χ4v) is 3.29. The average Bonchev–Trinajstić information content (AvgIpc) is 2.97. The van der Waals surface area contributed by atoms with E-state index in [2.05, 4.69) is 0 Å². The number of ether oxygens (including phenoxy) is 2. The molecule has 2 fully saturated rings. The summed E-state index contributed by atoms with van der Waals surface area (Å²) in [5.41, 5.74) is 0.667. The Balaban J connectivity index is 1.56. The molecule has 0 bridgehead atoms. The van der Waals surface area contributed by atoms with Gasteiger partial charge in [-0.15, -0.1) is 0 Å². The molecule has 2 aliphatic rings. The van der Waals surface area contributed by atoms with Gasteiger partial charge in [0.25, 0.3) is 5.91 Å². The third-order valence-electron chi connectivity index (χ3n) is 4.51. The molecule has 0 radical (unpaired) electrons. The van der Waals surface area contributed by atoms with Gasteiger partial charge in [0.2, 0.25) is 11.8 Å². The summed E-state index contributed by atoms with van der Waals surface area (Å²) < 4.78 is 10.7. The largest absolute Gasteiger partial charge is 0.452 e. The van der Waals surface area contributed by atoms with E-state index in [4.69, 9.17) is 9.47 Å². The van der Waals surface area contributed by atoms with E-state index in [1.165, 1.54) is 24.3 Å². The van der Waals surface area contributed by atoms with Crippen molar-refractivity contribution < 1.29 is 28.7 Å². The molecule has 2 aliphatic heterocycles. The average molecular weight is 374 g/mol. The molecule has 0 aliphatic carbocycles. The molecule has 0 aromatic heterocycles. The highest BCUT2D eigenvalue weighted by atomic mass is 16.5. The summed E-state index contributed by atoms with van der Waals surface area (Å²) in [5, 5.41) is 0. The van der Waals surface area contributed by atoms with E-state index in [1.54, 1.807) is 4.90 Å². The molecule has 0 unspecified atom stereocenters. The highest BCUT2D eigenvalue weighted by Crippen LogP contribution is 2.23. The quantitative estimate of drug-likeness (QED) is 0.579. The van der Waals surface area contributed by atoms with Crippen molar-refractivity contribution in [2.75, 3.05) is 24.6 Å². The first-order chi connectivity index (χ1) is 12.8. The smallest absolute Gasteiger partial charge is 0.338 e. The first-order valence-electron chi connectivity index (χ1n) is 8.91. The van der Waals surface area contributed by atoms with E-state index in [0.29, 0.717) is 18.8 Å². The topological polar surface area (TPSA) is 93.2 Å². The van der Waals surface area contributed by atoms with Gasteiger partial charge in [-0.2, -0.15) is 0 Å². The molecule has 8 nitrogen and oxygen atoms in total. The van der Waals surface area contributed by atoms with Crippen molar-refractivity contribution in [3.8, 4) is 0 Å². The number of hydrogen-bond acceptors (Lipinski definition) is 6. The second-order valence-electron chi connectivity index (χ2n) is 6.80. The standard InChI is InChI=1S/C19H22N2O6/c1-12-9-20(10-13(2)27-12)18(24)11-26-19(25)14-3-5-15(6-4-14)21-16(22)7-8-17(21)23/h3-6,12-13H,7-11H2,1-2H3/t12-,13+. The number of rotatable bonds is 4. The Bertz CT molecular complexity index is 734. The van der Waals surface area contributed by atoms with Crippen LogP contribution in [0.1, 0.15) is 37.0 Å². The third-order valence-corrected chi connectivity index (χ3v) is 4.51. The molecule has 2 saturated heterocycles. The lowest BCUT2D eigenvalue weighted by atomic mass is 10.2. The number of benzene rings is 1. The van der Waals surface area contributed by atoms with Crippen LogP contribution in [-0.4, -0.2) is 60.5 Å². The molecule has 27 heavy (non-hydrogen) atoms. The van der Waals surface area contributed by atoms with E-state index in [9.17, 15) is 19.2 Å². The SMILES string of the molecule is C[C@@H]1CN(C(=O)COC(=O)c2ccc(N3C(=O)CCC3=O)cc2)C[C@H](C)O1.